The van der Waals surface area contributed by atoms with Crippen LogP contribution in [-0.2, 0) is 0 Å². The Hall–Kier alpha value is -3.58. The molecule has 27 heavy (non-hydrogen) atoms. The molecule has 4 rings (SSSR count). The third-order valence-electron chi connectivity index (χ3n) is 4.05. The van der Waals surface area contributed by atoms with Crippen LogP contribution >= 0.6 is 11.6 Å². The topological polar surface area (TPSA) is 117 Å². The molecule has 0 unspecified atom stereocenters. The first kappa shape index (κ1) is 16.9. The Morgan fingerprint density at radius 3 is 2.63 bits per heavy atom. The van der Waals surface area contributed by atoms with Crippen LogP contribution in [0.3, 0.4) is 0 Å². The zero-order chi connectivity index (χ0) is 19.0. The Morgan fingerprint density at radius 1 is 1.11 bits per heavy atom. The third-order valence-corrected chi connectivity index (χ3v) is 4.38. The molecule has 0 fully saturated rings. The number of nitrogens with one attached hydrogen (secondary N) is 2. The second-order valence-electron chi connectivity index (χ2n) is 5.93. The molecule has 2 aromatic carbocycles. The van der Waals surface area contributed by atoms with E-state index in [1.165, 1.54) is 0 Å². The molecule has 2 heterocycles. The first-order chi connectivity index (χ1) is 13.0. The van der Waals surface area contributed by atoms with Crippen LogP contribution in [0.1, 0.15) is 0 Å². The summed E-state index contributed by atoms with van der Waals surface area (Å²) in [6, 6.07) is 14.2. The van der Waals surface area contributed by atoms with Crippen molar-refractivity contribution in [1.82, 2.24) is 15.0 Å². The van der Waals surface area contributed by atoms with Gasteiger partial charge < -0.3 is 15.8 Å². The van der Waals surface area contributed by atoms with Crippen LogP contribution in [0, 0.1) is 0 Å². The molecule has 0 spiro atoms. The number of nitrogens with two attached hydrogens (primary N) is 1. The smallest absolute Gasteiger partial charge is 0.409 e. The van der Waals surface area contributed by atoms with Crippen LogP contribution in [0.5, 0.6) is 0 Å². The summed E-state index contributed by atoms with van der Waals surface area (Å²) in [6.45, 7) is 0. The fourth-order valence-corrected chi connectivity index (χ4v) is 2.99. The van der Waals surface area contributed by atoms with E-state index in [2.05, 4.69) is 20.3 Å². The number of aromatic nitrogens is 3. The number of amides is 1. The Kier molecular flexibility index (Phi) is 4.13. The van der Waals surface area contributed by atoms with Gasteiger partial charge in [-0.05, 0) is 42.0 Å². The summed E-state index contributed by atoms with van der Waals surface area (Å²) >= 11 is 6.25. The number of carbonyl (C=O) groups is 1. The van der Waals surface area contributed by atoms with Gasteiger partial charge in [-0.2, -0.15) is 0 Å². The number of halogens is 1. The minimum absolute atomic E-state index is 0.500. The van der Waals surface area contributed by atoms with Crippen molar-refractivity contribution in [1.29, 1.82) is 0 Å². The molecule has 0 aliphatic rings. The summed E-state index contributed by atoms with van der Waals surface area (Å²) in [5.41, 5.74) is 10.7. The minimum Gasteiger partial charge on any atom is -0.465 e. The van der Waals surface area contributed by atoms with Crippen LogP contribution < -0.4 is 11.1 Å². The van der Waals surface area contributed by atoms with Crippen molar-refractivity contribution in [2.75, 3.05) is 11.1 Å². The SMILES string of the molecule is Nc1ccc(Cl)c(-c2nc3ncc(-c4ccc(NC(=O)O)cc4)cc3[nH]2)c1. The van der Waals surface area contributed by atoms with Gasteiger partial charge in [-0.3, -0.25) is 5.32 Å². The maximum absolute atomic E-state index is 10.7. The molecule has 0 bridgehead atoms. The van der Waals surface area contributed by atoms with Gasteiger partial charge in [0, 0.05) is 28.7 Å². The maximum atomic E-state index is 10.7. The first-order valence-corrected chi connectivity index (χ1v) is 8.39. The lowest BCUT2D eigenvalue weighted by atomic mass is 10.1. The van der Waals surface area contributed by atoms with E-state index < -0.39 is 6.09 Å². The van der Waals surface area contributed by atoms with Gasteiger partial charge in [0.05, 0.1) is 10.5 Å². The number of hydrogen-bond acceptors (Lipinski definition) is 4. The van der Waals surface area contributed by atoms with Crippen molar-refractivity contribution >= 4 is 40.2 Å². The van der Waals surface area contributed by atoms with Gasteiger partial charge >= 0.3 is 6.09 Å². The zero-order valence-electron chi connectivity index (χ0n) is 13.9. The van der Waals surface area contributed by atoms with E-state index in [4.69, 9.17) is 22.4 Å². The standard InChI is InChI=1S/C19H14ClN5O2/c20-15-6-3-12(21)8-14(15)17-24-16-7-11(9-22-18(16)25-17)10-1-4-13(5-2-10)23-19(26)27/h1-9,23H,21H2,(H,26,27)(H,22,24,25). The lowest BCUT2D eigenvalue weighted by Gasteiger charge is -2.04. The lowest BCUT2D eigenvalue weighted by molar-refractivity contribution is 0.210. The number of H-pyrrole nitrogens is 1. The van der Waals surface area contributed by atoms with Crippen molar-refractivity contribution in [3.63, 3.8) is 0 Å². The number of aromatic amines is 1. The molecule has 0 aliphatic carbocycles. The Bertz CT molecular complexity index is 1150. The molecule has 0 radical (unpaired) electrons. The number of fused-ring (bicyclic) bond motifs is 1. The molecule has 0 saturated carbocycles. The molecule has 0 aliphatic heterocycles. The predicted molar refractivity (Wildman–Crippen MR) is 106 cm³/mol. The van der Waals surface area contributed by atoms with Crippen molar-refractivity contribution in [2.45, 2.75) is 0 Å². The summed E-state index contributed by atoms with van der Waals surface area (Å²) < 4.78 is 0. The Balaban J connectivity index is 1.70. The average molecular weight is 380 g/mol. The molecule has 2 aromatic heterocycles. The fraction of sp³-hybridized carbons (Fsp3) is 0. The van der Waals surface area contributed by atoms with E-state index in [0.29, 0.717) is 33.4 Å². The number of anilines is 2. The fourth-order valence-electron chi connectivity index (χ4n) is 2.78. The number of pyridine rings is 1. The molecule has 1 amide bonds. The summed E-state index contributed by atoms with van der Waals surface area (Å²) in [4.78, 5) is 22.8. The van der Waals surface area contributed by atoms with E-state index in [-0.39, 0.29) is 0 Å². The van der Waals surface area contributed by atoms with E-state index in [1.54, 1.807) is 36.5 Å². The predicted octanol–water partition coefficient (Wildman–Crippen LogP) is 4.62. The Morgan fingerprint density at radius 2 is 1.89 bits per heavy atom. The van der Waals surface area contributed by atoms with Crippen LogP contribution in [0.4, 0.5) is 16.2 Å². The number of benzene rings is 2. The molecular weight excluding hydrogens is 366 g/mol. The molecule has 7 nitrogen and oxygen atoms in total. The van der Waals surface area contributed by atoms with Crippen LogP contribution in [0.2, 0.25) is 5.02 Å². The van der Waals surface area contributed by atoms with Crippen molar-refractivity contribution in [3.8, 4) is 22.5 Å². The normalized spacial score (nSPS) is 10.9. The monoisotopic (exact) mass is 379 g/mol. The van der Waals surface area contributed by atoms with Gasteiger partial charge in [-0.1, -0.05) is 23.7 Å². The molecular formula is C19H14ClN5O2. The second kappa shape index (κ2) is 6.62. The van der Waals surface area contributed by atoms with Gasteiger partial charge in [0.15, 0.2) is 5.65 Å². The minimum atomic E-state index is -1.10. The molecule has 5 N–H and O–H groups in total. The van der Waals surface area contributed by atoms with E-state index in [0.717, 1.165) is 16.6 Å². The van der Waals surface area contributed by atoms with Crippen LogP contribution in [0.25, 0.3) is 33.7 Å². The molecule has 0 saturated heterocycles. The molecule has 8 heteroatoms. The number of nitrogens with zero attached hydrogens (tertiary/aromatic N) is 2. The molecule has 134 valence electrons. The van der Waals surface area contributed by atoms with Gasteiger partial charge in [-0.15, -0.1) is 0 Å². The van der Waals surface area contributed by atoms with Gasteiger partial charge in [0.2, 0.25) is 0 Å². The summed E-state index contributed by atoms with van der Waals surface area (Å²) in [5.74, 6) is 0.591. The van der Waals surface area contributed by atoms with Crippen molar-refractivity contribution in [3.05, 3.63) is 59.8 Å². The largest absolute Gasteiger partial charge is 0.465 e. The Labute approximate surface area is 158 Å². The van der Waals surface area contributed by atoms with E-state index >= 15 is 0 Å². The lowest BCUT2D eigenvalue weighted by Crippen LogP contribution is -2.06. The highest BCUT2D eigenvalue weighted by Crippen LogP contribution is 2.30. The van der Waals surface area contributed by atoms with Crippen molar-refractivity contribution in [2.24, 2.45) is 0 Å². The molecule has 4 aromatic rings. The van der Waals surface area contributed by atoms with Gasteiger partial charge in [-0.25, -0.2) is 14.8 Å². The van der Waals surface area contributed by atoms with E-state index in [1.807, 2.05) is 18.2 Å². The number of nitrogen functional groups attached to an aromatic ring is 1. The number of rotatable bonds is 3. The maximum Gasteiger partial charge on any atom is 0.409 e. The van der Waals surface area contributed by atoms with E-state index in [9.17, 15) is 4.79 Å². The summed E-state index contributed by atoms with van der Waals surface area (Å²) in [7, 11) is 0. The second-order valence-corrected chi connectivity index (χ2v) is 6.33. The van der Waals surface area contributed by atoms with Crippen LogP contribution in [-0.4, -0.2) is 26.2 Å². The quantitative estimate of drug-likeness (QED) is 0.387. The molecule has 0 atom stereocenters. The zero-order valence-corrected chi connectivity index (χ0v) is 14.7. The first-order valence-electron chi connectivity index (χ1n) is 8.01. The number of carboxylic acid groups (broad SMARTS) is 1. The summed E-state index contributed by atoms with van der Waals surface area (Å²) in [5, 5.41) is 11.6. The number of imidazole rings is 1. The highest BCUT2D eigenvalue weighted by atomic mass is 35.5. The highest BCUT2D eigenvalue weighted by Gasteiger charge is 2.11. The van der Waals surface area contributed by atoms with Crippen molar-refractivity contribution < 1.29 is 9.90 Å². The summed E-state index contributed by atoms with van der Waals surface area (Å²) in [6.07, 6.45) is 0.615. The highest BCUT2D eigenvalue weighted by molar-refractivity contribution is 6.33. The third kappa shape index (κ3) is 3.40. The van der Waals surface area contributed by atoms with Gasteiger partial charge in [0.25, 0.3) is 0 Å². The average Bonchev–Trinajstić information content (AvgIpc) is 3.07. The van der Waals surface area contributed by atoms with Crippen LogP contribution in [0.15, 0.2) is 54.7 Å². The number of hydrogen-bond donors (Lipinski definition) is 4. The van der Waals surface area contributed by atoms with Gasteiger partial charge in [0.1, 0.15) is 5.82 Å².